The molecule has 0 saturated heterocycles. The number of para-hydroxylation sites is 1. The van der Waals surface area contributed by atoms with Crippen LogP contribution in [0.1, 0.15) is 26.7 Å². The molecule has 0 unspecified atom stereocenters. The quantitative estimate of drug-likeness (QED) is 0.845. The third-order valence-electron chi connectivity index (χ3n) is 3.03. The van der Waals surface area contributed by atoms with E-state index in [-0.39, 0.29) is 5.97 Å². The number of carbonyl (C=O) groups is 1. The number of rotatable bonds is 5. The van der Waals surface area contributed by atoms with Gasteiger partial charge in [-0.05, 0) is 40.9 Å². The van der Waals surface area contributed by atoms with E-state index in [0.717, 1.165) is 10.2 Å². The molecule has 0 aromatic heterocycles. The van der Waals surface area contributed by atoms with Gasteiger partial charge in [-0.3, -0.25) is 0 Å². The molecule has 17 heavy (non-hydrogen) atoms. The Morgan fingerprint density at radius 1 is 1.35 bits per heavy atom. The summed E-state index contributed by atoms with van der Waals surface area (Å²) in [5.74, 6) is -0.224. The first-order valence-electron chi connectivity index (χ1n) is 5.70. The number of carbonyl (C=O) groups excluding carboxylic acids is 1. The highest BCUT2D eigenvalue weighted by Crippen LogP contribution is 2.28. The van der Waals surface area contributed by atoms with Crippen LogP contribution >= 0.6 is 15.9 Å². The van der Waals surface area contributed by atoms with Gasteiger partial charge in [0.15, 0.2) is 0 Å². The van der Waals surface area contributed by atoms with Crippen molar-refractivity contribution in [2.45, 2.75) is 32.2 Å². The zero-order chi connectivity index (χ0) is 12.9. The van der Waals surface area contributed by atoms with Crippen LogP contribution in [-0.2, 0) is 9.53 Å². The van der Waals surface area contributed by atoms with E-state index in [2.05, 4.69) is 21.2 Å². The molecular weight excluding hydrogens is 282 g/mol. The number of hydrogen-bond donors (Lipinski definition) is 1. The van der Waals surface area contributed by atoms with Crippen molar-refractivity contribution in [3.63, 3.8) is 0 Å². The normalized spacial score (nSPS) is 11.1. The van der Waals surface area contributed by atoms with E-state index < -0.39 is 5.54 Å². The number of nitrogens with one attached hydrogen (secondary N) is 1. The van der Waals surface area contributed by atoms with Crippen LogP contribution in [-0.4, -0.2) is 18.6 Å². The Hall–Kier alpha value is -1.03. The van der Waals surface area contributed by atoms with Crippen molar-refractivity contribution >= 4 is 27.6 Å². The van der Waals surface area contributed by atoms with E-state index in [4.69, 9.17) is 4.74 Å². The van der Waals surface area contributed by atoms with E-state index in [9.17, 15) is 4.79 Å². The van der Waals surface area contributed by atoms with E-state index in [1.165, 1.54) is 7.11 Å². The van der Waals surface area contributed by atoms with Gasteiger partial charge in [0.05, 0.1) is 7.11 Å². The van der Waals surface area contributed by atoms with E-state index >= 15 is 0 Å². The lowest BCUT2D eigenvalue weighted by atomic mass is 9.92. The van der Waals surface area contributed by atoms with Gasteiger partial charge in [0.1, 0.15) is 5.54 Å². The lowest BCUT2D eigenvalue weighted by Gasteiger charge is -2.31. The molecule has 0 fully saturated rings. The summed E-state index contributed by atoms with van der Waals surface area (Å²) in [4.78, 5) is 11.9. The van der Waals surface area contributed by atoms with Gasteiger partial charge in [-0.1, -0.05) is 26.0 Å². The molecule has 0 amide bonds. The topological polar surface area (TPSA) is 38.3 Å². The number of benzene rings is 1. The molecule has 1 aromatic rings. The Labute approximate surface area is 111 Å². The van der Waals surface area contributed by atoms with Gasteiger partial charge in [0, 0.05) is 10.2 Å². The van der Waals surface area contributed by atoms with Gasteiger partial charge in [0.25, 0.3) is 0 Å². The van der Waals surface area contributed by atoms with E-state index in [1.54, 1.807) is 0 Å². The first-order chi connectivity index (χ1) is 8.09. The van der Waals surface area contributed by atoms with Crippen LogP contribution in [0.25, 0.3) is 0 Å². The molecule has 0 radical (unpaired) electrons. The van der Waals surface area contributed by atoms with Crippen LogP contribution in [0.3, 0.4) is 0 Å². The number of esters is 1. The highest BCUT2D eigenvalue weighted by molar-refractivity contribution is 9.10. The van der Waals surface area contributed by atoms with Crippen molar-refractivity contribution in [2.24, 2.45) is 0 Å². The zero-order valence-corrected chi connectivity index (χ0v) is 12.0. The molecule has 4 heteroatoms. The first-order valence-corrected chi connectivity index (χ1v) is 6.50. The van der Waals surface area contributed by atoms with Crippen molar-refractivity contribution in [1.29, 1.82) is 0 Å². The molecule has 1 aromatic carbocycles. The lowest BCUT2D eigenvalue weighted by Crippen LogP contribution is -2.46. The molecule has 0 spiro atoms. The summed E-state index contributed by atoms with van der Waals surface area (Å²) in [6.07, 6.45) is 1.36. The van der Waals surface area contributed by atoms with E-state index in [0.29, 0.717) is 12.8 Å². The zero-order valence-electron chi connectivity index (χ0n) is 10.4. The van der Waals surface area contributed by atoms with E-state index in [1.807, 2.05) is 38.1 Å². The average molecular weight is 300 g/mol. The Morgan fingerprint density at radius 3 is 2.41 bits per heavy atom. The summed E-state index contributed by atoms with van der Waals surface area (Å²) in [6.45, 7) is 3.95. The molecule has 1 rings (SSSR count). The van der Waals surface area contributed by atoms with Crippen LogP contribution in [0.5, 0.6) is 0 Å². The standard InChI is InChI=1S/C13H18BrNO2/c1-4-13(5-2,12(16)17-3)15-11-9-7-6-8-10(11)14/h6-9,15H,4-5H2,1-3H3. The third-order valence-corrected chi connectivity index (χ3v) is 3.72. The summed E-state index contributed by atoms with van der Waals surface area (Å²) in [5, 5.41) is 3.29. The van der Waals surface area contributed by atoms with Crippen molar-refractivity contribution in [3.8, 4) is 0 Å². The summed E-state index contributed by atoms with van der Waals surface area (Å²) in [7, 11) is 1.42. The van der Waals surface area contributed by atoms with Gasteiger partial charge in [0.2, 0.25) is 0 Å². The first kappa shape index (κ1) is 14.0. The highest BCUT2D eigenvalue weighted by atomic mass is 79.9. The van der Waals surface area contributed by atoms with Gasteiger partial charge in [-0.2, -0.15) is 0 Å². The molecule has 0 aliphatic rings. The molecule has 3 nitrogen and oxygen atoms in total. The molecular formula is C13H18BrNO2. The number of anilines is 1. The van der Waals surface area contributed by atoms with Crippen molar-refractivity contribution in [3.05, 3.63) is 28.7 Å². The number of methoxy groups -OCH3 is 1. The SMILES string of the molecule is CCC(CC)(Nc1ccccc1Br)C(=O)OC. The van der Waals surface area contributed by atoms with Crippen LogP contribution in [0.15, 0.2) is 28.7 Å². The fourth-order valence-electron chi connectivity index (χ4n) is 1.78. The number of hydrogen-bond acceptors (Lipinski definition) is 3. The smallest absolute Gasteiger partial charge is 0.331 e. The molecule has 0 saturated carbocycles. The van der Waals surface area contributed by atoms with Crippen molar-refractivity contribution < 1.29 is 9.53 Å². The van der Waals surface area contributed by atoms with Crippen LogP contribution in [0.2, 0.25) is 0 Å². The molecule has 0 aliphatic carbocycles. The van der Waals surface area contributed by atoms with Crippen LogP contribution in [0, 0.1) is 0 Å². The van der Waals surface area contributed by atoms with Crippen LogP contribution < -0.4 is 5.32 Å². The average Bonchev–Trinajstić information content (AvgIpc) is 2.37. The Balaban J connectivity index is 3.02. The van der Waals surface area contributed by atoms with Crippen LogP contribution in [0.4, 0.5) is 5.69 Å². The maximum absolute atomic E-state index is 11.9. The second kappa shape index (κ2) is 6.05. The lowest BCUT2D eigenvalue weighted by molar-refractivity contribution is -0.146. The van der Waals surface area contributed by atoms with Gasteiger partial charge >= 0.3 is 5.97 Å². The number of halogens is 1. The summed E-state index contributed by atoms with van der Waals surface area (Å²) >= 11 is 3.46. The predicted octanol–water partition coefficient (Wildman–Crippen LogP) is 3.59. The molecule has 0 atom stereocenters. The van der Waals surface area contributed by atoms with Crippen molar-refractivity contribution in [2.75, 3.05) is 12.4 Å². The second-order valence-electron chi connectivity index (χ2n) is 3.89. The molecule has 0 heterocycles. The Kier molecular flexibility index (Phi) is 5.00. The van der Waals surface area contributed by atoms with Gasteiger partial charge < -0.3 is 10.1 Å². The Bertz CT molecular complexity index is 389. The van der Waals surface area contributed by atoms with Gasteiger partial charge in [-0.15, -0.1) is 0 Å². The minimum Gasteiger partial charge on any atom is -0.467 e. The second-order valence-corrected chi connectivity index (χ2v) is 4.74. The maximum atomic E-state index is 11.9. The summed E-state index contributed by atoms with van der Waals surface area (Å²) in [5.41, 5.74) is 0.250. The minimum atomic E-state index is -0.654. The molecule has 1 N–H and O–H groups in total. The third kappa shape index (κ3) is 3.00. The summed E-state index contributed by atoms with van der Waals surface area (Å²) in [6, 6.07) is 7.75. The molecule has 94 valence electrons. The maximum Gasteiger partial charge on any atom is 0.331 e. The minimum absolute atomic E-state index is 0.224. The van der Waals surface area contributed by atoms with Crippen molar-refractivity contribution in [1.82, 2.24) is 0 Å². The van der Waals surface area contributed by atoms with Gasteiger partial charge in [-0.25, -0.2) is 4.79 Å². The fourth-order valence-corrected chi connectivity index (χ4v) is 2.17. The molecule has 0 bridgehead atoms. The fraction of sp³-hybridized carbons (Fsp3) is 0.462. The predicted molar refractivity (Wildman–Crippen MR) is 73.1 cm³/mol. The monoisotopic (exact) mass is 299 g/mol. The molecule has 0 aliphatic heterocycles. The summed E-state index contributed by atoms with van der Waals surface area (Å²) < 4.78 is 5.83. The largest absolute Gasteiger partial charge is 0.467 e. The number of ether oxygens (including phenoxy) is 1. The Morgan fingerprint density at radius 2 is 1.94 bits per heavy atom. The highest BCUT2D eigenvalue weighted by Gasteiger charge is 2.36.